The zero-order chi connectivity index (χ0) is 9.35. The molecule has 0 atom stereocenters. The fraction of sp³-hybridized carbons (Fsp3) is 0.444. The van der Waals surface area contributed by atoms with Gasteiger partial charge in [0.25, 0.3) is 5.56 Å². The molecule has 1 aromatic heterocycles. The minimum absolute atomic E-state index is 0.0217. The second-order valence-electron chi connectivity index (χ2n) is 3.82. The Labute approximate surface area is 76.6 Å². The fourth-order valence-electron chi connectivity index (χ4n) is 0.889. The monoisotopic (exact) mass is 185 g/mol. The van der Waals surface area contributed by atoms with Crippen LogP contribution in [-0.2, 0) is 5.41 Å². The standard InChI is InChI=1S/C9H12ClNO/c1-9(2,3)6-4-7(10)8(12)11-5-6/h4-5H,1-3H3,(H,11,12). The van der Waals surface area contributed by atoms with Gasteiger partial charge in [-0.25, -0.2) is 0 Å². The maximum absolute atomic E-state index is 10.9. The van der Waals surface area contributed by atoms with Crippen LogP contribution < -0.4 is 5.56 Å². The number of pyridine rings is 1. The zero-order valence-electron chi connectivity index (χ0n) is 7.44. The van der Waals surface area contributed by atoms with Gasteiger partial charge in [0.1, 0.15) is 5.02 Å². The van der Waals surface area contributed by atoms with Crippen LogP contribution in [0.15, 0.2) is 17.1 Å². The summed E-state index contributed by atoms with van der Waals surface area (Å²) in [5.74, 6) is 0. The summed E-state index contributed by atoms with van der Waals surface area (Å²) in [4.78, 5) is 13.5. The van der Waals surface area contributed by atoms with Crippen LogP contribution in [-0.4, -0.2) is 4.98 Å². The molecule has 12 heavy (non-hydrogen) atoms. The molecule has 0 spiro atoms. The van der Waals surface area contributed by atoms with Gasteiger partial charge in [-0.05, 0) is 17.0 Å². The average Bonchev–Trinajstić information content (AvgIpc) is 1.92. The van der Waals surface area contributed by atoms with Crippen LogP contribution in [0.4, 0.5) is 0 Å². The molecule has 0 bridgehead atoms. The van der Waals surface area contributed by atoms with Crippen LogP contribution in [0.3, 0.4) is 0 Å². The molecular weight excluding hydrogens is 174 g/mol. The smallest absolute Gasteiger partial charge is 0.266 e. The van der Waals surface area contributed by atoms with E-state index >= 15 is 0 Å². The number of hydrogen-bond acceptors (Lipinski definition) is 1. The topological polar surface area (TPSA) is 32.9 Å². The van der Waals surface area contributed by atoms with Crippen molar-refractivity contribution in [3.63, 3.8) is 0 Å². The van der Waals surface area contributed by atoms with E-state index in [0.717, 1.165) is 5.56 Å². The second kappa shape index (κ2) is 2.94. The van der Waals surface area contributed by atoms with Crippen molar-refractivity contribution in [2.24, 2.45) is 0 Å². The molecule has 0 aliphatic heterocycles. The summed E-state index contributed by atoms with van der Waals surface area (Å²) in [5.41, 5.74) is 0.824. The Morgan fingerprint density at radius 2 is 2.00 bits per heavy atom. The van der Waals surface area contributed by atoms with Gasteiger partial charge in [0.2, 0.25) is 0 Å². The molecule has 0 aliphatic carbocycles. The highest BCUT2D eigenvalue weighted by atomic mass is 35.5. The highest BCUT2D eigenvalue weighted by molar-refractivity contribution is 6.30. The molecule has 0 radical (unpaired) electrons. The van der Waals surface area contributed by atoms with Gasteiger partial charge >= 0.3 is 0 Å². The van der Waals surface area contributed by atoms with Crippen molar-refractivity contribution in [1.29, 1.82) is 0 Å². The van der Waals surface area contributed by atoms with Crippen molar-refractivity contribution in [3.8, 4) is 0 Å². The van der Waals surface area contributed by atoms with Crippen LogP contribution in [0.5, 0.6) is 0 Å². The van der Waals surface area contributed by atoms with E-state index in [9.17, 15) is 4.79 Å². The largest absolute Gasteiger partial charge is 0.328 e. The van der Waals surface area contributed by atoms with E-state index in [2.05, 4.69) is 25.8 Å². The van der Waals surface area contributed by atoms with E-state index in [0.29, 0.717) is 0 Å². The Hall–Kier alpha value is -0.760. The first-order chi connectivity index (χ1) is 5.41. The van der Waals surface area contributed by atoms with Gasteiger partial charge in [0, 0.05) is 6.20 Å². The van der Waals surface area contributed by atoms with Crippen LogP contribution in [0, 0.1) is 0 Å². The van der Waals surface area contributed by atoms with E-state index in [4.69, 9.17) is 11.6 Å². The molecule has 0 fully saturated rings. The Kier molecular flexibility index (Phi) is 2.29. The lowest BCUT2D eigenvalue weighted by Gasteiger charge is -2.18. The summed E-state index contributed by atoms with van der Waals surface area (Å²) in [6.45, 7) is 6.20. The Balaban J connectivity index is 3.23. The van der Waals surface area contributed by atoms with Crippen molar-refractivity contribution in [3.05, 3.63) is 33.2 Å². The van der Waals surface area contributed by atoms with Gasteiger partial charge in [-0.3, -0.25) is 4.79 Å². The molecule has 3 heteroatoms. The quantitative estimate of drug-likeness (QED) is 0.661. The molecule has 0 unspecified atom stereocenters. The molecule has 66 valence electrons. The van der Waals surface area contributed by atoms with E-state index in [1.165, 1.54) is 0 Å². The number of H-pyrrole nitrogens is 1. The first kappa shape index (κ1) is 9.33. The third-order valence-corrected chi connectivity index (χ3v) is 2.00. The summed E-state index contributed by atoms with van der Waals surface area (Å²) < 4.78 is 0. The number of halogens is 1. The molecule has 1 N–H and O–H groups in total. The van der Waals surface area contributed by atoms with Gasteiger partial charge in [0.15, 0.2) is 0 Å². The molecule has 1 aromatic rings. The third kappa shape index (κ3) is 1.89. The van der Waals surface area contributed by atoms with Crippen LogP contribution >= 0.6 is 11.6 Å². The van der Waals surface area contributed by atoms with E-state index < -0.39 is 0 Å². The lowest BCUT2D eigenvalue weighted by atomic mass is 9.88. The van der Waals surface area contributed by atoms with Gasteiger partial charge < -0.3 is 4.98 Å². The predicted octanol–water partition coefficient (Wildman–Crippen LogP) is 2.33. The summed E-state index contributed by atoms with van der Waals surface area (Å²) in [6.07, 6.45) is 1.70. The van der Waals surface area contributed by atoms with E-state index in [1.807, 2.05) is 0 Å². The van der Waals surface area contributed by atoms with Gasteiger partial charge in [-0.1, -0.05) is 32.4 Å². The van der Waals surface area contributed by atoms with E-state index in [-0.39, 0.29) is 16.0 Å². The first-order valence-corrected chi connectivity index (χ1v) is 4.18. The number of hydrogen-bond donors (Lipinski definition) is 1. The third-order valence-electron chi connectivity index (χ3n) is 1.72. The molecular formula is C9H12ClNO. The Morgan fingerprint density at radius 1 is 1.42 bits per heavy atom. The van der Waals surface area contributed by atoms with Crippen LogP contribution in [0.25, 0.3) is 0 Å². The van der Waals surface area contributed by atoms with Crippen molar-refractivity contribution in [2.75, 3.05) is 0 Å². The number of nitrogens with one attached hydrogen (secondary N) is 1. The van der Waals surface area contributed by atoms with Gasteiger partial charge in [0.05, 0.1) is 0 Å². The van der Waals surface area contributed by atoms with Gasteiger partial charge in [-0.2, -0.15) is 0 Å². The minimum Gasteiger partial charge on any atom is -0.328 e. The number of aromatic amines is 1. The van der Waals surface area contributed by atoms with Crippen molar-refractivity contribution in [2.45, 2.75) is 26.2 Å². The molecule has 0 aromatic carbocycles. The Morgan fingerprint density at radius 3 is 2.42 bits per heavy atom. The summed E-state index contributed by atoms with van der Waals surface area (Å²) >= 11 is 5.68. The van der Waals surface area contributed by atoms with Crippen molar-refractivity contribution in [1.82, 2.24) is 4.98 Å². The minimum atomic E-state index is -0.232. The molecule has 1 rings (SSSR count). The second-order valence-corrected chi connectivity index (χ2v) is 4.22. The summed E-state index contributed by atoms with van der Waals surface area (Å²) in [7, 11) is 0. The molecule has 0 saturated carbocycles. The lowest BCUT2D eigenvalue weighted by molar-refractivity contribution is 0.587. The number of rotatable bonds is 0. The highest BCUT2D eigenvalue weighted by Gasteiger charge is 2.14. The molecule has 0 amide bonds. The molecule has 2 nitrogen and oxygen atoms in total. The maximum Gasteiger partial charge on any atom is 0.266 e. The van der Waals surface area contributed by atoms with Gasteiger partial charge in [-0.15, -0.1) is 0 Å². The lowest BCUT2D eigenvalue weighted by Crippen LogP contribution is -2.15. The molecule has 0 aliphatic rings. The normalized spacial score (nSPS) is 11.7. The summed E-state index contributed by atoms with van der Waals surface area (Å²) in [6, 6.07) is 1.71. The number of aromatic nitrogens is 1. The van der Waals surface area contributed by atoms with Crippen LogP contribution in [0.2, 0.25) is 5.02 Å². The van der Waals surface area contributed by atoms with Crippen molar-refractivity contribution >= 4 is 11.6 Å². The highest BCUT2D eigenvalue weighted by Crippen LogP contribution is 2.21. The van der Waals surface area contributed by atoms with Crippen molar-refractivity contribution < 1.29 is 0 Å². The zero-order valence-corrected chi connectivity index (χ0v) is 8.20. The van der Waals surface area contributed by atoms with Crippen LogP contribution in [0.1, 0.15) is 26.3 Å². The SMILES string of the molecule is CC(C)(C)c1c[nH]c(=O)c(Cl)c1. The summed E-state index contributed by atoms with van der Waals surface area (Å²) in [5, 5.41) is 0.252. The van der Waals surface area contributed by atoms with E-state index in [1.54, 1.807) is 12.3 Å². The average molecular weight is 186 g/mol. The maximum atomic E-state index is 10.9. The Bertz CT molecular complexity index is 335. The first-order valence-electron chi connectivity index (χ1n) is 3.80. The molecule has 0 saturated heterocycles. The fourth-order valence-corrected chi connectivity index (χ4v) is 1.06. The molecule has 1 heterocycles. The predicted molar refractivity (Wildman–Crippen MR) is 50.8 cm³/mol.